The smallest absolute Gasteiger partial charge is 0.248 e. The topological polar surface area (TPSA) is 111 Å². The summed E-state index contributed by atoms with van der Waals surface area (Å²) in [6, 6.07) is 5.40. The van der Waals surface area contributed by atoms with Gasteiger partial charge in [0.15, 0.2) is 17.3 Å². The number of sulfonamides is 1. The highest BCUT2D eigenvalue weighted by Gasteiger charge is 2.35. The second-order valence-electron chi connectivity index (χ2n) is 7.67. The fourth-order valence-electron chi connectivity index (χ4n) is 3.93. The zero-order valence-corrected chi connectivity index (χ0v) is 18.0. The van der Waals surface area contributed by atoms with Crippen molar-refractivity contribution in [3.8, 4) is 11.5 Å². The zero-order valence-electron chi connectivity index (χ0n) is 17.2. The van der Waals surface area contributed by atoms with Crippen LogP contribution in [0.5, 0.6) is 11.5 Å². The average molecular weight is 436 g/mol. The third-order valence-electron chi connectivity index (χ3n) is 5.65. The van der Waals surface area contributed by atoms with Crippen LogP contribution >= 0.6 is 0 Å². The number of aromatic nitrogens is 1. The molecule has 0 spiro atoms. The number of nitrogens with one attached hydrogen (secondary N) is 1. The van der Waals surface area contributed by atoms with Crippen LogP contribution in [0.1, 0.15) is 42.8 Å². The van der Waals surface area contributed by atoms with E-state index in [2.05, 4.69) is 10.5 Å². The van der Waals surface area contributed by atoms with Crippen LogP contribution in [0.3, 0.4) is 0 Å². The number of carbonyl (C=O) groups excluding carboxylic acids is 1. The maximum absolute atomic E-state index is 12.9. The van der Waals surface area contributed by atoms with Gasteiger partial charge in [-0.1, -0.05) is 11.2 Å². The monoisotopic (exact) mass is 435 g/mol. The molecular formula is C20H25N3O6S. The first-order chi connectivity index (χ1) is 14.3. The lowest BCUT2D eigenvalue weighted by molar-refractivity contribution is -0.126. The van der Waals surface area contributed by atoms with Crippen LogP contribution in [0, 0.1) is 19.8 Å². The maximum Gasteiger partial charge on any atom is 0.248 e. The second kappa shape index (κ2) is 7.92. The molecule has 162 valence electrons. The molecule has 0 saturated carbocycles. The van der Waals surface area contributed by atoms with Gasteiger partial charge in [-0.3, -0.25) is 4.79 Å². The SMILES string of the molecule is Cc1noc(C)c1S(=O)(=O)N1CCC(C(=O)NC(C)c2ccc3c(c2)OCO3)CC1. The second-order valence-corrected chi connectivity index (χ2v) is 9.55. The van der Waals surface area contributed by atoms with Gasteiger partial charge in [-0.2, -0.15) is 4.31 Å². The summed E-state index contributed by atoms with van der Waals surface area (Å²) in [5, 5.41) is 6.77. The summed E-state index contributed by atoms with van der Waals surface area (Å²) < 4.78 is 43.0. The van der Waals surface area contributed by atoms with Gasteiger partial charge in [-0.15, -0.1) is 0 Å². The van der Waals surface area contributed by atoms with Crippen molar-refractivity contribution in [2.24, 2.45) is 5.92 Å². The number of piperidine rings is 1. The number of hydrogen-bond donors (Lipinski definition) is 1. The highest BCUT2D eigenvalue weighted by atomic mass is 32.2. The summed E-state index contributed by atoms with van der Waals surface area (Å²) in [6.07, 6.45) is 0.921. The van der Waals surface area contributed by atoms with Crippen molar-refractivity contribution in [1.82, 2.24) is 14.8 Å². The number of aryl methyl sites for hydroxylation is 2. The number of rotatable bonds is 5. The van der Waals surface area contributed by atoms with E-state index in [1.807, 2.05) is 25.1 Å². The van der Waals surface area contributed by atoms with Crippen LogP contribution in [0.2, 0.25) is 0 Å². The van der Waals surface area contributed by atoms with Gasteiger partial charge in [0.05, 0.1) is 6.04 Å². The van der Waals surface area contributed by atoms with Gasteiger partial charge in [0, 0.05) is 19.0 Å². The van der Waals surface area contributed by atoms with Crippen molar-refractivity contribution < 1.29 is 27.2 Å². The van der Waals surface area contributed by atoms with Gasteiger partial charge in [0.25, 0.3) is 0 Å². The van der Waals surface area contributed by atoms with E-state index in [1.165, 1.54) is 4.31 Å². The molecule has 0 radical (unpaired) electrons. The van der Waals surface area contributed by atoms with E-state index in [0.717, 1.165) is 5.56 Å². The first kappa shape index (κ1) is 20.7. The predicted molar refractivity (Wildman–Crippen MR) is 107 cm³/mol. The molecule has 0 aliphatic carbocycles. The van der Waals surface area contributed by atoms with Crippen molar-refractivity contribution in [3.05, 3.63) is 35.2 Å². The quantitative estimate of drug-likeness (QED) is 0.767. The molecule has 1 atom stereocenters. The Balaban J connectivity index is 1.36. The molecule has 1 N–H and O–H groups in total. The lowest BCUT2D eigenvalue weighted by Crippen LogP contribution is -2.43. The molecule has 1 unspecified atom stereocenters. The molecule has 1 amide bonds. The van der Waals surface area contributed by atoms with E-state index in [-0.39, 0.29) is 48.4 Å². The fourth-order valence-corrected chi connectivity index (χ4v) is 5.69. The highest BCUT2D eigenvalue weighted by molar-refractivity contribution is 7.89. The molecule has 9 nitrogen and oxygen atoms in total. The van der Waals surface area contributed by atoms with Crippen LogP contribution in [0.25, 0.3) is 0 Å². The molecule has 3 heterocycles. The minimum atomic E-state index is -3.68. The summed E-state index contributed by atoms with van der Waals surface area (Å²) in [5.74, 6) is 1.34. The summed E-state index contributed by atoms with van der Waals surface area (Å²) in [7, 11) is -3.68. The number of nitrogens with zero attached hydrogens (tertiary/aromatic N) is 2. The van der Waals surface area contributed by atoms with Crippen molar-refractivity contribution in [3.63, 3.8) is 0 Å². The molecule has 1 saturated heterocycles. The van der Waals surface area contributed by atoms with Crippen molar-refractivity contribution in [2.45, 2.75) is 44.6 Å². The lowest BCUT2D eigenvalue weighted by atomic mass is 9.96. The molecular weight excluding hydrogens is 410 g/mol. The molecule has 1 fully saturated rings. The van der Waals surface area contributed by atoms with Gasteiger partial charge in [-0.25, -0.2) is 8.42 Å². The van der Waals surface area contributed by atoms with E-state index in [1.54, 1.807) is 13.8 Å². The Morgan fingerprint density at radius 3 is 2.57 bits per heavy atom. The lowest BCUT2D eigenvalue weighted by Gasteiger charge is -2.31. The molecule has 10 heteroatoms. The normalized spacial score (nSPS) is 18.4. The van der Waals surface area contributed by atoms with Crippen molar-refractivity contribution in [2.75, 3.05) is 19.9 Å². The van der Waals surface area contributed by atoms with Crippen LogP contribution in [0.15, 0.2) is 27.6 Å². The molecule has 0 bridgehead atoms. The van der Waals surface area contributed by atoms with Crippen LogP contribution in [-0.4, -0.2) is 43.7 Å². The fraction of sp³-hybridized carbons (Fsp3) is 0.500. The van der Waals surface area contributed by atoms with Crippen molar-refractivity contribution >= 4 is 15.9 Å². The Bertz CT molecular complexity index is 1040. The number of carbonyl (C=O) groups is 1. The average Bonchev–Trinajstić information content (AvgIpc) is 3.33. The van der Waals surface area contributed by atoms with E-state index >= 15 is 0 Å². The van der Waals surface area contributed by atoms with E-state index in [9.17, 15) is 13.2 Å². The summed E-state index contributed by atoms with van der Waals surface area (Å²) >= 11 is 0. The molecule has 2 aromatic rings. The molecule has 1 aromatic heterocycles. The van der Waals surface area contributed by atoms with E-state index in [0.29, 0.717) is 30.0 Å². The first-order valence-electron chi connectivity index (χ1n) is 9.90. The van der Waals surface area contributed by atoms with Gasteiger partial charge >= 0.3 is 0 Å². The zero-order chi connectivity index (χ0) is 21.5. The van der Waals surface area contributed by atoms with Crippen LogP contribution in [0.4, 0.5) is 0 Å². The molecule has 30 heavy (non-hydrogen) atoms. The predicted octanol–water partition coefficient (Wildman–Crippen LogP) is 2.30. The van der Waals surface area contributed by atoms with Gasteiger partial charge in [-0.05, 0) is 51.3 Å². The molecule has 2 aliphatic heterocycles. The Labute approximate surface area is 175 Å². The van der Waals surface area contributed by atoms with E-state index < -0.39 is 10.0 Å². The Morgan fingerprint density at radius 1 is 1.20 bits per heavy atom. The summed E-state index contributed by atoms with van der Waals surface area (Å²) in [6.45, 7) is 5.87. The van der Waals surface area contributed by atoms with Crippen LogP contribution in [-0.2, 0) is 14.8 Å². The number of benzene rings is 1. The standard InChI is InChI=1S/C20H25N3O6S/c1-12(16-4-5-17-18(10-16)28-11-27-17)21-20(24)15-6-8-23(9-7-15)30(25,26)19-13(2)22-29-14(19)3/h4-5,10,12,15H,6-9,11H2,1-3H3,(H,21,24). The molecule has 1 aromatic carbocycles. The van der Waals surface area contributed by atoms with Crippen LogP contribution < -0.4 is 14.8 Å². The van der Waals surface area contributed by atoms with Gasteiger partial charge in [0.2, 0.25) is 22.7 Å². The summed E-state index contributed by atoms with van der Waals surface area (Å²) in [4.78, 5) is 12.9. The first-order valence-corrected chi connectivity index (χ1v) is 11.3. The van der Waals surface area contributed by atoms with E-state index in [4.69, 9.17) is 14.0 Å². The van der Waals surface area contributed by atoms with Crippen molar-refractivity contribution in [1.29, 1.82) is 0 Å². The molecule has 2 aliphatic rings. The Kier molecular flexibility index (Phi) is 5.46. The minimum absolute atomic E-state index is 0.0745. The minimum Gasteiger partial charge on any atom is -0.454 e. The number of amides is 1. The Hall–Kier alpha value is -2.59. The summed E-state index contributed by atoms with van der Waals surface area (Å²) in [5.41, 5.74) is 1.27. The third-order valence-corrected chi connectivity index (χ3v) is 7.79. The van der Waals surface area contributed by atoms with Gasteiger partial charge in [0.1, 0.15) is 10.6 Å². The largest absolute Gasteiger partial charge is 0.454 e. The van der Waals surface area contributed by atoms with Gasteiger partial charge < -0.3 is 19.3 Å². The number of ether oxygens (including phenoxy) is 2. The Morgan fingerprint density at radius 2 is 1.90 bits per heavy atom. The molecule has 4 rings (SSSR count). The number of hydrogen-bond acceptors (Lipinski definition) is 7. The number of fused-ring (bicyclic) bond motifs is 1. The maximum atomic E-state index is 12.9. The highest BCUT2D eigenvalue weighted by Crippen LogP contribution is 2.34. The third kappa shape index (κ3) is 3.77.